The van der Waals surface area contributed by atoms with Crippen LogP contribution in [-0.4, -0.2) is 81.2 Å². The Bertz CT molecular complexity index is 3670. The molecule has 8 rings (SSSR count). The van der Waals surface area contributed by atoms with Crippen LogP contribution in [0.4, 0.5) is 37.2 Å². The van der Waals surface area contributed by atoms with Crippen LogP contribution < -0.4 is 30.6 Å². The second-order valence-electron chi connectivity index (χ2n) is 26.2. The Balaban J connectivity index is 0.000000236. The first-order valence-corrected chi connectivity index (χ1v) is 29.1. The summed E-state index contributed by atoms with van der Waals surface area (Å²) in [5, 5.41) is 39.0. The van der Waals surface area contributed by atoms with Gasteiger partial charge in [0, 0.05) is 61.5 Å². The van der Waals surface area contributed by atoms with Gasteiger partial charge in [-0.05, 0) is 169 Å². The lowest BCUT2D eigenvalue weighted by Crippen LogP contribution is -2.41. The topological polar surface area (TPSA) is 337 Å². The van der Waals surface area contributed by atoms with Crippen molar-refractivity contribution in [1.82, 2.24) is 0 Å². The zero-order valence-corrected chi connectivity index (χ0v) is 53.7. The van der Waals surface area contributed by atoms with E-state index in [9.17, 15) is 53.0 Å². The number of ether oxygens (including phenoxy) is 5. The normalized spacial score (nSPS) is 16.0. The van der Waals surface area contributed by atoms with Crippen LogP contribution in [0.5, 0.6) is 17.2 Å². The highest BCUT2D eigenvalue weighted by atomic mass is 19.1. The third-order valence-electron chi connectivity index (χ3n) is 14.6. The molecule has 5 aromatic rings. The molecule has 484 valence electrons. The van der Waals surface area contributed by atoms with Crippen molar-refractivity contribution in [2.45, 2.75) is 170 Å². The second-order valence-corrected chi connectivity index (χ2v) is 26.2. The number of hydrogen-bond donors (Lipinski definition) is 4. The quantitative estimate of drug-likeness (QED) is 0.0153. The third kappa shape index (κ3) is 18.1. The number of carbonyl (C=O) groups excluding carboxylic acids is 4. The number of nitrogens with two attached hydrogens (primary N) is 1. The summed E-state index contributed by atoms with van der Waals surface area (Å²) in [7, 11) is 0. The van der Waals surface area contributed by atoms with Crippen molar-refractivity contribution >= 4 is 58.2 Å². The van der Waals surface area contributed by atoms with Gasteiger partial charge in [-0.15, -0.1) is 0 Å². The van der Waals surface area contributed by atoms with Crippen LogP contribution in [-0.2, 0) is 25.7 Å². The van der Waals surface area contributed by atoms with E-state index in [1.165, 1.54) is 36.4 Å². The van der Waals surface area contributed by atoms with Crippen molar-refractivity contribution in [3.05, 3.63) is 160 Å². The average Bonchev–Trinajstić information content (AvgIpc) is 0.771. The molecule has 3 aliphatic rings. The highest BCUT2D eigenvalue weighted by Gasteiger charge is 2.44. The number of azide groups is 1. The molecule has 25 heteroatoms. The van der Waals surface area contributed by atoms with Gasteiger partial charge in [0.2, 0.25) is 12.3 Å². The largest absolute Gasteiger partial charge is 0.487 e. The molecule has 0 saturated heterocycles. The molecule has 90 heavy (non-hydrogen) atoms. The first-order chi connectivity index (χ1) is 41.6. The molecule has 0 aromatic heterocycles. The van der Waals surface area contributed by atoms with Crippen LogP contribution in [0.1, 0.15) is 205 Å². The van der Waals surface area contributed by atoms with E-state index in [-0.39, 0.29) is 91.9 Å². The fraction of sp³-hybridized carbons (Fsp3) is 0.462. The summed E-state index contributed by atoms with van der Waals surface area (Å²) in [6, 6.07) is 16.5. The van der Waals surface area contributed by atoms with E-state index in [0.717, 1.165) is 35.7 Å². The molecule has 0 aliphatic carbocycles. The minimum absolute atomic E-state index is 0.0909. The summed E-state index contributed by atoms with van der Waals surface area (Å²) in [6.45, 7) is 31.3. The number of rotatable bonds is 14. The van der Waals surface area contributed by atoms with E-state index in [0.29, 0.717) is 53.5 Å². The molecular weight excluding hydrogens is 1170 g/mol. The maximum Gasteiger partial charge on any atom is 0.341 e. The van der Waals surface area contributed by atoms with Crippen molar-refractivity contribution < 1.29 is 71.4 Å². The molecule has 0 unspecified atom stereocenters. The van der Waals surface area contributed by atoms with Gasteiger partial charge in [-0.25, -0.2) is 23.2 Å². The molecule has 3 aliphatic heterocycles. The average molecular weight is 1250 g/mol. The van der Waals surface area contributed by atoms with Crippen LogP contribution in [0.3, 0.4) is 0 Å². The number of esters is 2. The highest BCUT2D eigenvalue weighted by Crippen LogP contribution is 2.52. The van der Waals surface area contributed by atoms with Gasteiger partial charge in [0.05, 0.1) is 46.2 Å². The second kappa shape index (κ2) is 28.0. The summed E-state index contributed by atoms with van der Waals surface area (Å²) < 4.78 is 56.1. The van der Waals surface area contributed by atoms with Crippen LogP contribution in [0.2, 0.25) is 0 Å². The van der Waals surface area contributed by atoms with Gasteiger partial charge in [0.15, 0.2) is 0 Å². The third-order valence-corrected chi connectivity index (χ3v) is 14.6. The minimum atomic E-state index is -1.18. The van der Waals surface area contributed by atoms with Crippen molar-refractivity contribution in [2.24, 2.45) is 11.0 Å². The molecule has 0 bridgehead atoms. The van der Waals surface area contributed by atoms with Crippen LogP contribution >= 0.6 is 0 Å². The molecule has 0 saturated carbocycles. The first kappa shape index (κ1) is 71.4. The number of nitro groups is 2. The van der Waals surface area contributed by atoms with Crippen LogP contribution in [0.15, 0.2) is 77.9 Å². The molecular formula is C65H80F2N8O15. The molecule has 0 spiro atoms. The number of carboxylic acids is 1. The first-order valence-electron chi connectivity index (χ1n) is 29.1. The Morgan fingerprint density at radius 1 is 0.644 bits per heavy atom. The lowest BCUT2D eigenvalue weighted by molar-refractivity contribution is -0.481. The Morgan fingerprint density at radius 3 is 1.42 bits per heavy atom. The number of anilines is 3. The van der Waals surface area contributed by atoms with Gasteiger partial charge in [-0.3, -0.25) is 29.8 Å². The lowest BCUT2D eigenvalue weighted by atomic mass is 9.73. The summed E-state index contributed by atoms with van der Waals surface area (Å²) >= 11 is 0. The number of nitrogen functional groups attached to an aromatic ring is 1. The monoisotopic (exact) mass is 1250 g/mol. The molecule has 2 amide bonds. The van der Waals surface area contributed by atoms with E-state index >= 15 is 0 Å². The Labute approximate surface area is 521 Å². The van der Waals surface area contributed by atoms with Gasteiger partial charge in [-0.2, -0.15) is 0 Å². The van der Waals surface area contributed by atoms with Crippen LogP contribution in [0, 0.1) is 37.8 Å². The number of amides is 2. The number of nitrogens with one attached hydrogen (secondary N) is 2. The predicted octanol–water partition coefficient (Wildman–Crippen LogP) is 15.2. The summed E-state index contributed by atoms with van der Waals surface area (Å²) in [5.74, 6) is -3.57. The SMILES string of the molecule is CC(C)CC[N+](=O)[O-].CC1(C)CC(C)(C)c2cc(C(=O)O)cc([N+](=O)[O-])c2O1.CCOC(=O)c1ccc(NC(=O)c2cc(N)c3c(c2)C(C)(C)CC(C)(C)O3)cc1F.CCOC(=O)c1ccc(NC(=O)c2cc(N=[N+]=[N-])c3c(c2)C(C)(C)CC(C)(C)O3)cc1F. The fourth-order valence-corrected chi connectivity index (χ4v) is 11.5. The maximum absolute atomic E-state index is 14.3. The highest BCUT2D eigenvalue weighted by molar-refractivity contribution is 6.06. The number of nitro benzene ring substituents is 1. The van der Waals surface area contributed by atoms with E-state index in [4.69, 9.17) is 40.1 Å². The molecule has 23 nitrogen and oxygen atoms in total. The number of hydrogen-bond acceptors (Lipinski definition) is 16. The number of halogens is 2. The van der Waals surface area contributed by atoms with Crippen molar-refractivity contribution in [3.63, 3.8) is 0 Å². The molecule has 0 fully saturated rings. The molecule has 3 heterocycles. The van der Waals surface area contributed by atoms with E-state index in [1.807, 2.05) is 83.1 Å². The van der Waals surface area contributed by atoms with E-state index in [1.54, 1.807) is 32.0 Å². The predicted molar refractivity (Wildman–Crippen MR) is 335 cm³/mol. The van der Waals surface area contributed by atoms with E-state index in [2.05, 4.69) is 34.5 Å². The number of carbonyl (C=O) groups is 5. The molecule has 0 atom stereocenters. The lowest BCUT2D eigenvalue weighted by Gasteiger charge is -2.43. The smallest absolute Gasteiger partial charge is 0.341 e. The fourth-order valence-electron chi connectivity index (χ4n) is 11.5. The summed E-state index contributed by atoms with van der Waals surface area (Å²) in [6.07, 6.45) is 2.78. The van der Waals surface area contributed by atoms with Crippen molar-refractivity contribution in [2.75, 3.05) is 36.1 Å². The van der Waals surface area contributed by atoms with E-state index < -0.39 is 62.9 Å². The number of fused-ring (bicyclic) bond motifs is 3. The Morgan fingerprint density at radius 2 is 1.04 bits per heavy atom. The maximum atomic E-state index is 14.3. The molecule has 0 radical (unpaired) electrons. The van der Waals surface area contributed by atoms with Gasteiger partial charge in [-0.1, -0.05) is 60.5 Å². The van der Waals surface area contributed by atoms with Crippen molar-refractivity contribution in [3.8, 4) is 17.2 Å². The van der Waals surface area contributed by atoms with Crippen molar-refractivity contribution in [1.29, 1.82) is 0 Å². The molecule has 5 N–H and O–H groups in total. The number of aromatic carboxylic acids is 1. The van der Waals surface area contributed by atoms with Gasteiger partial charge in [0.1, 0.15) is 39.9 Å². The van der Waals surface area contributed by atoms with Gasteiger partial charge in [0.25, 0.3) is 11.8 Å². The summed E-state index contributed by atoms with van der Waals surface area (Å²) in [5.41, 5.74) is 15.8. The number of benzene rings is 5. The van der Waals surface area contributed by atoms with Gasteiger partial charge >= 0.3 is 23.6 Å². The minimum Gasteiger partial charge on any atom is -0.487 e. The number of nitrogens with zero attached hydrogens (tertiary/aromatic N) is 5. The Kier molecular flexibility index (Phi) is 22.2. The molecule has 5 aromatic carbocycles. The summed E-state index contributed by atoms with van der Waals surface area (Å²) in [4.78, 5) is 83.3. The standard InChI is InChI=1S/C23H25FN4O4.C23H27FN2O4.C14H17NO5.C5H11NO2/c1-6-31-21(30)15-8-7-14(11-17(15)24)26-20(29)13-9-16-19(18(10-13)27-28-25)32-23(4,5)12-22(16,2)3;1-6-29-21(28)15-8-7-14(11-17(15)24)26-20(27)13-9-16-19(18(25)10-13)30-23(4,5)12-22(16,2)3;1-13(2)7-14(3,4)20-11-9(13)5-8(12(16)17)6-10(11)15(18)19;1-5(2)3-4-6(7)8/h7-11H,6,12H2,1-5H3,(H,26,29);7-11H,6,12,25H2,1-5H3,(H,26,27);5-6H,7H2,1-4H3,(H,16,17);5H,3-4H2,1-2H3. The van der Waals surface area contributed by atoms with Crippen LogP contribution in [0.25, 0.3) is 10.4 Å². The zero-order valence-electron chi connectivity index (χ0n) is 53.7. The zero-order chi connectivity index (χ0) is 67.8. The number of carboxylic acid groups (broad SMARTS) is 1. The van der Waals surface area contributed by atoms with Gasteiger partial charge < -0.3 is 45.2 Å². The Hall–Kier alpha value is -9.38.